The summed E-state index contributed by atoms with van der Waals surface area (Å²) in [5, 5.41) is 0. The Balaban J connectivity index is 3.86. The quantitative estimate of drug-likeness (QED) is 0.441. The molecule has 17 heavy (non-hydrogen) atoms. The van der Waals surface area contributed by atoms with Crippen LogP contribution >= 0.6 is 0 Å². The van der Waals surface area contributed by atoms with Gasteiger partial charge in [-0.1, -0.05) is 48.7 Å². The number of hydrogen-bond acceptors (Lipinski definition) is 0. The van der Waals surface area contributed by atoms with Gasteiger partial charge in [-0.25, -0.2) is 0 Å². The van der Waals surface area contributed by atoms with Crippen LogP contribution in [0.25, 0.3) is 0 Å². The van der Waals surface area contributed by atoms with Crippen molar-refractivity contribution in [3.63, 3.8) is 0 Å². The zero-order valence-electron chi connectivity index (χ0n) is 13.9. The van der Waals surface area contributed by atoms with Crippen molar-refractivity contribution in [2.45, 2.75) is 73.1 Å². The number of allylic oxidation sites excluding steroid dienone is 6. The molecule has 0 saturated heterocycles. The van der Waals surface area contributed by atoms with Crippen molar-refractivity contribution in [2.75, 3.05) is 0 Å². The summed E-state index contributed by atoms with van der Waals surface area (Å²) in [6, 6.07) is 0. The fourth-order valence-electron chi connectivity index (χ4n) is 1.65. The number of hydrogen-bond donors (Lipinski definition) is 0. The predicted molar refractivity (Wildman–Crippen MR) is 80.3 cm³/mol. The minimum atomic E-state index is 0.496. The van der Waals surface area contributed by atoms with E-state index in [1.165, 1.54) is 16.7 Å². The van der Waals surface area contributed by atoms with E-state index < -0.39 is 0 Å². The first-order chi connectivity index (χ1) is 9.10. The Morgan fingerprint density at radius 3 is 2.00 bits per heavy atom. The Labute approximate surface area is 111 Å². The van der Waals surface area contributed by atoms with Gasteiger partial charge >= 0.3 is 0 Å². The molecule has 0 bridgehead atoms. The zero-order chi connectivity index (χ0) is 14.5. The Morgan fingerprint density at radius 1 is 0.824 bits per heavy atom. The maximum atomic E-state index is 7.16. The minimum absolute atomic E-state index is 0.496. The van der Waals surface area contributed by atoms with Gasteiger partial charge in [-0.05, 0) is 59.3 Å². The molecule has 98 valence electrons. The van der Waals surface area contributed by atoms with Gasteiger partial charge in [-0.3, -0.25) is 0 Å². The van der Waals surface area contributed by atoms with E-state index in [0.717, 1.165) is 38.5 Å². The van der Waals surface area contributed by atoms with E-state index in [1.54, 1.807) is 0 Å². The summed E-state index contributed by atoms with van der Waals surface area (Å²) in [5.41, 5.74) is 4.21. The summed E-state index contributed by atoms with van der Waals surface area (Å²) in [4.78, 5) is 0. The highest BCUT2D eigenvalue weighted by Crippen LogP contribution is 2.12. The first-order valence-electron chi connectivity index (χ1n) is 8.07. The van der Waals surface area contributed by atoms with Crippen LogP contribution in [-0.2, 0) is 0 Å². The molecule has 0 amide bonds. The maximum Gasteiger partial charge on any atom is 0.0234 e. The molecule has 0 nitrogen and oxygen atoms in total. The summed E-state index contributed by atoms with van der Waals surface area (Å²) in [7, 11) is 0. The van der Waals surface area contributed by atoms with Gasteiger partial charge < -0.3 is 0 Å². The van der Waals surface area contributed by atoms with Gasteiger partial charge in [-0.15, -0.1) is 0 Å². The van der Waals surface area contributed by atoms with Crippen molar-refractivity contribution in [3.05, 3.63) is 34.9 Å². The van der Waals surface area contributed by atoms with Gasteiger partial charge in [0.25, 0.3) is 0 Å². The highest BCUT2D eigenvalue weighted by Gasteiger charge is 1.91. The van der Waals surface area contributed by atoms with Gasteiger partial charge in [0.15, 0.2) is 0 Å². The molecule has 0 radical (unpaired) electrons. The second-order valence-electron chi connectivity index (χ2n) is 4.77. The van der Waals surface area contributed by atoms with Crippen LogP contribution in [0.15, 0.2) is 34.9 Å². The molecule has 0 heterocycles. The molecular formula is C17H30. The van der Waals surface area contributed by atoms with E-state index in [2.05, 4.69) is 39.0 Å². The zero-order valence-corrected chi connectivity index (χ0v) is 11.9. The van der Waals surface area contributed by atoms with E-state index in [4.69, 9.17) is 2.74 Å². The Morgan fingerprint density at radius 2 is 1.41 bits per heavy atom. The lowest BCUT2D eigenvalue weighted by atomic mass is 10.1. The molecule has 0 saturated carbocycles. The fraction of sp³-hybridized carbons (Fsp3) is 0.647. The summed E-state index contributed by atoms with van der Waals surface area (Å²) >= 11 is 0. The van der Waals surface area contributed by atoms with Crippen LogP contribution < -0.4 is 0 Å². The summed E-state index contributed by atoms with van der Waals surface area (Å²) in [6.45, 7) is 7.48. The first-order valence-corrected chi connectivity index (χ1v) is 6.65. The Kier molecular flexibility index (Phi) is 7.74. The molecule has 0 N–H and O–H groups in total. The molecule has 0 aliphatic heterocycles. The Bertz CT molecular complexity index is 311. The van der Waals surface area contributed by atoms with Gasteiger partial charge in [-0.2, -0.15) is 0 Å². The highest BCUT2D eigenvalue weighted by molar-refractivity contribution is 5.05. The molecule has 0 rings (SSSR count). The van der Waals surface area contributed by atoms with Crippen molar-refractivity contribution in [2.24, 2.45) is 0 Å². The summed E-state index contributed by atoms with van der Waals surface area (Å²) < 4.78 is 14.3. The first kappa shape index (κ1) is 12.7. The molecule has 0 aromatic carbocycles. The van der Waals surface area contributed by atoms with Gasteiger partial charge in [0, 0.05) is 2.74 Å². The minimum Gasteiger partial charge on any atom is -0.0859 e. The third-order valence-corrected chi connectivity index (χ3v) is 2.95. The normalized spacial score (nSPS) is 15.8. The van der Waals surface area contributed by atoms with Gasteiger partial charge in [0.2, 0.25) is 0 Å². The van der Waals surface area contributed by atoms with Crippen LogP contribution in [0, 0.1) is 0 Å². The molecule has 0 aromatic rings. The summed E-state index contributed by atoms with van der Waals surface area (Å²) in [5.74, 6) is 0. The molecule has 0 unspecified atom stereocenters. The van der Waals surface area contributed by atoms with E-state index in [-0.39, 0.29) is 0 Å². The van der Waals surface area contributed by atoms with E-state index in [1.807, 2.05) is 0 Å². The van der Waals surface area contributed by atoms with Crippen LogP contribution in [-0.4, -0.2) is 0 Å². The van der Waals surface area contributed by atoms with Gasteiger partial charge in [0.1, 0.15) is 0 Å². The molecule has 0 aliphatic carbocycles. The van der Waals surface area contributed by atoms with E-state index in [0.29, 0.717) is 13.8 Å². The monoisotopic (exact) mass is 238 g/mol. The molecule has 0 aliphatic rings. The molecular weight excluding hydrogens is 204 g/mol. The number of rotatable bonds is 8. The predicted octanol–water partition coefficient (Wildman–Crippen LogP) is 6.21. The second kappa shape index (κ2) is 10.4. The van der Waals surface area contributed by atoms with Crippen molar-refractivity contribution in [1.29, 1.82) is 0 Å². The Hall–Kier alpha value is -0.780. The van der Waals surface area contributed by atoms with Crippen LogP contribution in [0.5, 0.6) is 0 Å². The summed E-state index contributed by atoms with van der Waals surface area (Å²) in [6.07, 6.45) is 13.0. The van der Waals surface area contributed by atoms with Crippen LogP contribution in [0.2, 0.25) is 0 Å². The average molecular weight is 238 g/mol. The van der Waals surface area contributed by atoms with Crippen LogP contribution in [0.1, 0.15) is 75.8 Å². The molecule has 0 spiro atoms. The largest absolute Gasteiger partial charge is 0.0859 e. The van der Waals surface area contributed by atoms with Crippen LogP contribution in [0.3, 0.4) is 0 Å². The topological polar surface area (TPSA) is 0 Å². The maximum absolute atomic E-state index is 7.16. The van der Waals surface area contributed by atoms with Crippen molar-refractivity contribution >= 4 is 0 Å². The van der Waals surface area contributed by atoms with E-state index in [9.17, 15) is 0 Å². The smallest absolute Gasteiger partial charge is 0.0234 e. The molecule has 0 fully saturated rings. The van der Waals surface area contributed by atoms with Crippen molar-refractivity contribution < 1.29 is 2.74 Å². The second-order valence-corrected chi connectivity index (χ2v) is 4.77. The standard InChI is InChI=1S/C17H30/c1-6-10-16(4)12-9-14-17(5)13-8-11-15(3)7-2/h10-11,14H,6-9,12-13H2,1-5H3/b15-11-,16-10-,17-14-/i1T,2T. The third kappa shape index (κ3) is 10.1. The lowest BCUT2D eigenvalue weighted by molar-refractivity contribution is 0.908. The van der Waals surface area contributed by atoms with Crippen molar-refractivity contribution in [1.82, 2.24) is 0 Å². The third-order valence-electron chi connectivity index (χ3n) is 2.95. The van der Waals surface area contributed by atoms with Crippen molar-refractivity contribution in [3.8, 4) is 0 Å². The molecule has 0 atom stereocenters. The highest BCUT2D eigenvalue weighted by atomic mass is 14.0. The molecule has 0 aromatic heterocycles. The van der Waals surface area contributed by atoms with E-state index >= 15 is 0 Å². The SMILES string of the molecule is [3H]CC/C=C(/C)CC/C=C(/C)CC/C=C(/C)CC[3H]. The average Bonchev–Trinajstić information content (AvgIpc) is 2.36. The lowest BCUT2D eigenvalue weighted by Crippen LogP contribution is -1.81. The van der Waals surface area contributed by atoms with Gasteiger partial charge in [0.05, 0.1) is 0 Å². The lowest BCUT2D eigenvalue weighted by Gasteiger charge is -2.01. The molecule has 0 heteroatoms. The van der Waals surface area contributed by atoms with Crippen LogP contribution in [0.4, 0.5) is 0 Å². The fourth-order valence-corrected chi connectivity index (χ4v) is 1.65.